The minimum absolute atomic E-state index is 0.0988. The molecule has 1 N–H and O–H groups in total. The van der Waals surface area contributed by atoms with Crippen LogP contribution in [0.25, 0.3) is 0 Å². The van der Waals surface area contributed by atoms with Gasteiger partial charge in [-0.3, -0.25) is 4.79 Å². The first-order valence-electron chi connectivity index (χ1n) is 6.09. The first-order valence-corrected chi connectivity index (χ1v) is 9.46. The van der Waals surface area contributed by atoms with Gasteiger partial charge in [0, 0.05) is 25.3 Å². The predicted molar refractivity (Wildman–Crippen MR) is 81.7 cm³/mol. The van der Waals surface area contributed by atoms with Crippen molar-refractivity contribution >= 4 is 48.3 Å². The Morgan fingerprint density at radius 2 is 2.10 bits per heavy atom. The van der Waals surface area contributed by atoms with Gasteiger partial charge in [0.05, 0.1) is 0 Å². The predicted octanol–water partition coefficient (Wildman–Crippen LogP) is 1.68. The summed E-state index contributed by atoms with van der Waals surface area (Å²) in [5.74, 6) is -0.312. The zero-order chi connectivity index (χ0) is 15.2. The smallest absolute Gasteiger partial charge is 0.272 e. The number of nitrogens with zero attached hydrogens (tertiary/aromatic N) is 3. The van der Waals surface area contributed by atoms with Gasteiger partial charge in [-0.05, 0) is 6.42 Å². The molecule has 0 atom stereocenters. The van der Waals surface area contributed by atoms with Crippen LogP contribution in [-0.2, 0) is 14.8 Å². The standard InChI is InChI=1S/C10H17BrN4O3S2/c1-3-4-6-15(7-5-11)20(17,18)10-14-13-9(19-10)12-8(2)16/h3-7H2,1-2H3,(H,12,13,16). The van der Waals surface area contributed by atoms with Crippen molar-refractivity contribution in [3.8, 4) is 0 Å². The van der Waals surface area contributed by atoms with E-state index < -0.39 is 10.0 Å². The summed E-state index contributed by atoms with van der Waals surface area (Å²) in [6, 6.07) is 0. The topological polar surface area (TPSA) is 92.3 Å². The summed E-state index contributed by atoms with van der Waals surface area (Å²) in [5, 5.41) is 10.5. The van der Waals surface area contributed by atoms with Gasteiger partial charge in [0.15, 0.2) is 0 Å². The van der Waals surface area contributed by atoms with E-state index in [4.69, 9.17) is 0 Å². The highest BCUT2D eigenvalue weighted by Crippen LogP contribution is 2.23. The summed E-state index contributed by atoms with van der Waals surface area (Å²) in [6.45, 7) is 4.14. The van der Waals surface area contributed by atoms with Crippen LogP contribution in [0.15, 0.2) is 4.34 Å². The molecular formula is C10H17BrN4O3S2. The summed E-state index contributed by atoms with van der Waals surface area (Å²) in [7, 11) is -3.65. The summed E-state index contributed by atoms with van der Waals surface area (Å²) < 4.78 is 26.1. The van der Waals surface area contributed by atoms with Crippen LogP contribution in [-0.4, -0.2) is 47.2 Å². The van der Waals surface area contributed by atoms with Crippen LogP contribution in [0.3, 0.4) is 0 Å². The Labute approximate surface area is 130 Å². The molecule has 1 aromatic heterocycles. The van der Waals surface area contributed by atoms with Crippen LogP contribution < -0.4 is 5.32 Å². The van der Waals surface area contributed by atoms with Crippen molar-refractivity contribution in [3.63, 3.8) is 0 Å². The average Bonchev–Trinajstić information content (AvgIpc) is 2.82. The maximum atomic E-state index is 12.4. The Kier molecular flexibility index (Phi) is 7.00. The number of anilines is 1. The molecule has 10 heteroatoms. The molecule has 0 fully saturated rings. The van der Waals surface area contributed by atoms with Crippen molar-refractivity contribution < 1.29 is 13.2 Å². The highest BCUT2D eigenvalue weighted by Gasteiger charge is 2.27. The maximum Gasteiger partial charge on any atom is 0.272 e. The molecule has 1 rings (SSSR count). The average molecular weight is 385 g/mol. The second-order valence-electron chi connectivity index (χ2n) is 4.00. The van der Waals surface area contributed by atoms with E-state index in [1.54, 1.807) is 0 Å². The van der Waals surface area contributed by atoms with Gasteiger partial charge < -0.3 is 5.32 Å². The quantitative estimate of drug-likeness (QED) is 0.543. The van der Waals surface area contributed by atoms with Crippen molar-refractivity contribution in [3.05, 3.63) is 0 Å². The van der Waals surface area contributed by atoms with Crippen LogP contribution in [0.4, 0.5) is 5.13 Å². The molecule has 0 saturated heterocycles. The molecular weight excluding hydrogens is 368 g/mol. The number of hydrogen-bond donors (Lipinski definition) is 1. The molecule has 1 heterocycles. The molecule has 1 amide bonds. The van der Waals surface area contributed by atoms with E-state index in [1.165, 1.54) is 11.2 Å². The van der Waals surface area contributed by atoms with Crippen LogP contribution in [0.5, 0.6) is 0 Å². The second-order valence-corrected chi connectivity index (χ2v) is 7.88. The molecule has 0 unspecified atom stereocenters. The number of carbonyl (C=O) groups excluding carboxylic acids is 1. The summed E-state index contributed by atoms with van der Waals surface area (Å²) in [5.41, 5.74) is 0. The van der Waals surface area contributed by atoms with Gasteiger partial charge in [-0.2, -0.15) is 4.31 Å². The third kappa shape index (κ3) is 4.76. The van der Waals surface area contributed by atoms with E-state index in [1.807, 2.05) is 6.92 Å². The van der Waals surface area contributed by atoms with Crippen LogP contribution in [0.1, 0.15) is 26.7 Å². The monoisotopic (exact) mass is 384 g/mol. The molecule has 7 nitrogen and oxygen atoms in total. The number of halogens is 1. The molecule has 0 aromatic carbocycles. The van der Waals surface area contributed by atoms with Gasteiger partial charge in [0.25, 0.3) is 10.0 Å². The summed E-state index contributed by atoms with van der Waals surface area (Å²) in [4.78, 5) is 10.9. The third-order valence-corrected chi connectivity index (χ3v) is 5.78. The maximum absolute atomic E-state index is 12.4. The highest BCUT2D eigenvalue weighted by atomic mass is 79.9. The summed E-state index contributed by atoms with van der Waals surface area (Å²) in [6.07, 6.45) is 1.69. The Balaban J connectivity index is 2.94. The van der Waals surface area contributed by atoms with E-state index in [2.05, 4.69) is 31.4 Å². The van der Waals surface area contributed by atoms with Crippen molar-refractivity contribution in [2.45, 2.75) is 31.0 Å². The highest BCUT2D eigenvalue weighted by molar-refractivity contribution is 9.09. The number of sulfonamides is 1. The van der Waals surface area contributed by atoms with E-state index in [9.17, 15) is 13.2 Å². The molecule has 0 saturated carbocycles. The molecule has 1 aromatic rings. The Morgan fingerprint density at radius 3 is 2.65 bits per heavy atom. The fraction of sp³-hybridized carbons (Fsp3) is 0.700. The number of hydrogen-bond acceptors (Lipinski definition) is 6. The zero-order valence-electron chi connectivity index (χ0n) is 11.3. The fourth-order valence-electron chi connectivity index (χ4n) is 1.41. The Bertz CT molecular complexity index is 546. The van der Waals surface area contributed by atoms with Crippen LogP contribution in [0.2, 0.25) is 0 Å². The lowest BCUT2D eigenvalue weighted by Gasteiger charge is -2.18. The van der Waals surface area contributed by atoms with E-state index in [0.717, 1.165) is 24.2 Å². The Morgan fingerprint density at radius 1 is 1.40 bits per heavy atom. The van der Waals surface area contributed by atoms with Gasteiger partial charge in [-0.15, -0.1) is 10.2 Å². The van der Waals surface area contributed by atoms with Gasteiger partial charge in [-0.25, -0.2) is 8.42 Å². The molecule has 0 aliphatic heterocycles. The first-order chi connectivity index (χ1) is 9.41. The minimum Gasteiger partial charge on any atom is -0.301 e. The van der Waals surface area contributed by atoms with E-state index in [0.29, 0.717) is 18.4 Å². The van der Waals surface area contributed by atoms with Crippen molar-refractivity contribution in [1.82, 2.24) is 14.5 Å². The number of unbranched alkanes of at least 4 members (excludes halogenated alkanes) is 1. The Hall–Kier alpha value is -0.580. The minimum atomic E-state index is -3.65. The molecule has 114 valence electrons. The SMILES string of the molecule is CCCCN(CCBr)S(=O)(=O)c1nnc(NC(C)=O)s1. The van der Waals surface area contributed by atoms with Gasteiger partial charge in [-0.1, -0.05) is 40.6 Å². The lowest BCUT2D eigenvalue weighted by atomic mass is 10.3. The number of carbonyl (C=O) groups is 1. The van der Waals surface area contributed by atoms with Gasteiger partial charge in [0.2, 0.25) is 15.4 Å². The van der Waals surface area contributed by atoms with Crippen LogP contribution >= 0.6 is 27.3 Å². The molecule has 0 aliphatic carbocycles. The van der Waals surface area contributed by atoms with E-state index in [-0.39, 0.29) is 15.4 Å². The lowest BCUT2D eigenvalue weighted by molar-refractivity contribution is -0.114. The molecule has 0 aliphatic rings. The molecule has 20 heavy (non-hydrogen) atoms. The second kappa shape index (κ2) is 8.01. The molecule has 0 spiro atoms. The van der Waals surface area contributed by atoms with Crippen molar-refractivity contribution in [1.29, 1.82) is 0 Å². The lowest BCUT2D eigenvalue weighted by Crippen LogP contribution is -2.33. The number of alkyl halides is 1. The van der Waals surface area contributed by atoms with Gasteiger partial charge in [0.1, 0.15) is 0 Å². The largest absolute Gasteiger partial charge is 0.301 e. The first kappa shape index (κ1) is 17.5. The summed E-state index contributed by atoms with van der Waals surface area (Å²) >= 11 is 4.11. The van der Waals surface area contributed by atoms with E-state index >= 15 is 0 Å². The number of amides is 1. The molecule has 0 radical (unpaired) electrons. The van der Waals surface area contributed by atoms with Crippen molar-refractivity contribution in [2.75, 3.05) is 23.7 Å². The fourth-order valence-corrected chi connectivity index (χ4v) is 4.63. The van der Waals surface area contributed by atoms with Crippen LogP contribution in [0, 0.1) is 0 Å². The number of rotatable bonds is 8. The number of nitrogens with one attached hydrogen (secondary N) is 1. The molecule has 0 bridgehead atoms. The van der Waals surface area contributed by atoms with Gasteiger partial charge >= 0.3 is 0 Å². The normalized spacial score (nSPS) is 11.8. The number of aromatic nitrogens is 2. The third-order valence-electron chi connectivity index (χ3n) is 2.34. The zero-order valence-corrected chi connectivity index (χ0v) is 14.5. The van der Waals surface area contributed by atoms with Crippen molar-refractivity contribution in [2.24, 2.45) is 0 Å².